The van der Waals surface area contributed by atoms with Crippen LogP contribution in [0.1, 0.15) is 48.2 Å². The number of allylic oxidation sites excluding steroid dienone is 8. The molecule has 0 fully saturated rings. The monoisotopic (exact) mass is 553 g/mol. The Balaban J connectivity index is 1.15. The molecular weight excluding hydrogens is 522 g/mol. The van der Waals surface area contributed by atoms with Crippen LogP contribution >= 0.6 is 0 Å². The Labute approximate surface area is 252 Å². The molecule has 0 aliphatic heterocycles. The summed E-state index contributed by atoms with van der Waals surface area (Å²) in [7, 11) is 0. The molecule has 8 rings (SSSR count). The molecule has 0 N–H and O–H groups in total. The minimum absolute atomic E-state index is 0.748. The summed E-state index contributed by atoms with van der Waals surface area (Å²) in [5, 5.41) is 0. The van der Waals surface area contributed by atoms with E-state index in [0.29, 0.717) is 0 Å². The van der Waals surface area contributed by atoms with Crippen molar-refractivity contribution in [3.8, 4) is 33.8 Å². The Bertz CT molecular complexity index is 1960. The Kier molecular flexibility index (Phi) is 6.49. The lowest BCUT2D eigenvalue weighted by atomic mass is 9.88. The molecular formula is C40H31N3. The van der Waals surface area contributed by atoms with Crippen molar-refractivity contribution in [2.24, 2.45) is 0 Å². The molecule has 3 aliphatic carbocycles. The van der Waals surface area contributed by atoms with Crippen LogP contribution in [0.5, 0.6) is 0 Å². The average Bonchev–Trinajstić information content (AvgIpc) is 3.49. The van der Waals surface area contributed by atoms with E-state index in [0.717, 1.165) is 66.0 Å². The molecule has 3 aliphatic rings. The van der Waals surface area contributed by atoms with E-state index in [-0.39, 0.29) is 0 Å². The number of nitrogens with zero attached hydrogens (tertiary/aromatic N) is 3. The molecule has 0 spiro atoms. The zero-order chi connectivity index (χ0) is 28.6. The van der Waals surface area contributed by atoms with Crippen LogP contribution in [0.3, 0.4) is 0 Å². The van der Waals surface area contributed by atoms with Gasteiger partial charge in [-0.25, -0.2) is 9.97 Å². The van der Waals surface area contributed by atoms with Gasteiger partial charge in [-0.2, -0.15) is 0 Å². The maximum Gasteiger partial charge on any atom is 0.160 e. The number of rotatable bonds is 5. The summed E-state index contributed by atoms with van der Waals surface area (Å²) in [5.74, 6) is 0.748. The zero-order valence-electron chi connectivity index (χ0n) is 24.0. The molecule has 3 nitrogen and oxygen atoms in total. The van der Waals surface area contributed by atoms with Crippen LogP contribution in [0.2, 0.25) is 0 Å². The number of pyridine rings is 1. The standard InChI is InChI=1S/C40H31N3/c1-4-11-27(12-5-1)32-17-10-18-34-35(32)25-36-33(23-24-41-39(34)36)28-19-21-31(22-20-28)40-42-37(29-13-6-2-7-14-29)26-38(43-40)30-15-8-3-9-16-30/h1-2,4-8,11-17,19-24,26H,3,9-10,18,25H2. The summed E-state index contributed by atoms with van der Waals surface area (Å²) in [6.45, 7) is 0. The van der Waals surface area contributed by atoms with Gasteiger partial charge in [0.2, 0.25) is 0 Å². The molecule has 2 aromatic heterocycles. The van der Waals surface area contributed by atoms with Crippen molar-refractivity contribution in [2.45, 2.75) is 32.1 Å². The first-order valence-electron chi connectivity index (χ1n) is 15.2. The minimum Gasteiger partial charge on any atom is -0.256 e. The van der Waals surface area contributed by atoms with Crippen LogP contribution < -0.4 is 0 Å². The van der Waals surface area contributed by atoms with E-state index in [9.17, 15) is 0 Å². The van der Waals surface area contributed by atoms with E-state index in [2.05, 4.69) is 115 Å². The van der Waals surface area contributed by atoms with Crippen LogP contribution in [-0.2, 0) is 6.42 Å². The van der Waals surface area contributed by atoms with Crippen LogP contribution in [0, 0.1) is 0 Å². The van der Waals surface area contributed by atoms with Gasteiger partial charge in [0.15, 0.2) is 5.82 Å². The number of fused-ring (bicyclic) bond motifs is 2. The second-order valence-electron chi connectivity index (χ2n) is 11.4. The second kappa shape index (κ2) is 10.9. The lowest BCUT2D eigenvalue weighted by Crippen LogP contribution is -1.99. The van der Waals surface area contributed by atoms with Gasteiger partial charge < -0.3 is 0 Å². The first-order valence-corrected chi connectivity index (χ1v) is 15.2. The molecule has 2 heterocycles. The molecule has 0 bridgehead atoms. The largest absolute Gasteiger partial charge is 0.256 e. The van der Waals surface area contributed by atoms with Crippen LogP contribution in [-0.4, -0.2) is 15.0 Å². The van der Waals surface area contributed by atoms with Gasteiger partial charge in [-0.15, -0.1) is 0 Å². The third-order valence-electron chi connectivity index (χ3n) is 8.75. The summed E-state index contributed by atoms with van der Waals surface area (Å²) in [6, 6.07) is 34.2. The fraction of sp³-hybridized carbons (Fsp3) is 0.125. The Morgan fingerprint density at radius 1 is 0.581 bits per heavy atom. The molecule has 0 radical (unpaired) electrons. The number of hydrogen-bond acceptors (Lipinski definition) is 3. The summed E-state index contributed by atoms with van der Waals surface area (Å²) < 4.78 is 0. The van der Waals surface area contributed by atoms with E-state index < -0.39 is 0 Å². The van der Waals surface area contributed by atoms with E-state index in [1.165, 1.54) is 44.7 Å². The number of benzene rings is 3. The maximum absolute atomic E-state index is 5.05. The number of hydrogen-bond donors (Lipinski definition) is 0. The molecule has 206 valence electrons. The lowest BCUT2D eigenvalue weighted by Gasteiger charge is -2.17. The van der Waals surface area contributed by atoms with Gasteiger partial charge in [0, 0.05) is 23.7 Å². The second-order valence-corrected chi connectivity index (χ2v) is 11.4. The van der Waals surface area contributed by atoms with Crippen molar-refractivity contribution in [1.82, 2.24) is 15.0 Å². The molecule has 0 saturated carbocycles. The fourth-order valence-electron chi connectivity index (χ4n) is 6.63. The van der Waals surface area contributed by atoms with Crippen LogP contribution in [0.15, 0.2) is 133 Å². The van der Waals surface area contributed by atoms with Crippen molar-refractivity contribution < 1.29 is 0 Å². The van der Waals surface area contributed by atoms with E-state index in [1.807, 2.05) is 12.3 Å². The SMILES string of the molecule is C1=CC(c2cc(-c3ccccc3)nc(-c3ccc(-c4ccnc5c4CC4=C5CCC=C4c4ccccc4)cc3)n2)=CCC1. The molecule has 3 aromatic carbocycles. The summed E-state index contributed by atoms with van der Waals surface area (Å²) in [6.07, 6.45) is 16.2. The van der Waals surface area contributed by atoms with Crippen molar-refractivity contribution in [2.75, 3.05) is 0 Å². The summed E-state index contributed by atoms with van der Waals surface area (Å²) in [4.78, 5) is 15.0. The maximum atomic E-state index is 5.05. The molecule has 5 aromatic rings. The Hall–Kier alpha value is -5.15. The third kappa shape index (κ3) is 4.77. The highest BCUT2D eigenvalue weighted by molar-refractivity contribution is 5.96. The zero-order valence-corrected chi connectivity index (χ0v) is 24.0. The lowest BCUT2D eigenvalue weighted by molar-refractivity contribution is 1.03. The van der Waals surface area contributed by atoms with Gasteiger partial charge in [0.25, 0.3) is 0 Å². The molecule has 43 heavy (non-hydrogen) atoms. The molecule has 3 heteroatoms. The van der Waals surface area contributed by atoms with Gasteiger partial charge in [-0.1, -0.05) is 109 Å². The van der Waals surface area contributed by atoms with Crippen molar-refractivity contribution >= 4 is 16.7 Å². The predicted octanol–water partition coefficient (Wildman–Crippen LogP) is 9.79. The Morgan fingerprint density at radius 2 is 1.33 bits per heavy atom. The normalized spacial score (nSPS) is 15.5. The molecule has 0 atom stereocenters. The van der Waals surface area contributed by atoms with Crippen molar-refractivity contribution in [3.63, 3.8) is 0 Å². The predicted molar refractivity (Wildman–Crippen MR) is 177 cm³/mol. The highest BCUT2D eigenvalue weighted by Crippen LogP contribution is 2.46. The van der Waals surface area contributed by atoms with Gasteiger partial charge in [0.1, 0.15) is 0 Å². The summed E-state index contributed by atoms with van der Waals surface area (Å²) in [5.41, 5.74) is 15.7. The van der Waals surface area contributed by atoms with Crippen LogP contribution in [0.25, 0.3) is 50.5 Å². The van der Waals surface area contributed by atoms with E-state index >= 15 is 0 Å². The van der Waals surface area contributed by atoms with Gasteiger partial charge >= 0.3 is 0 Å². The fourth-order valence-corrected chi connectivity index (χ4v) is 6.63. The van der Waals surface area contributed by atoms with Crippen molar-refractivity contribution in [1.29, 1.82) is 0 Å². The van der Waals surface area contributed by atoms with Gasteiger partial charge in [-0.05, 0) is 82.4 Å². The molecule has 0 amide bonds. The average molecular weight is 554 g/mol. The minimum atomic E-state index is 0.748. The molecule has 0 unspecified atom stereocenters. The quantitative estimate of drug-likeness (QED) is 0.217. The highest BCUT2D eigenvalue weighted by Gasteiger charge is 2.29. The smallest absolute Gasteiger partial charge is 0.160 e. The summed E-state index contributed by atoms with van der Waals surface area (Å²) >= 11 is 0. The highest BCUT2D eigenvalue weighted by atomic mass is 14.9. The first-order chi connectivity index (χ1) is 21.3. The van der Waals surface area contributed by atoms with Crippen molar-refractivity contribution in [3.05, 3.63) is 156 Å². The van der Waals surface area contributed by atoms with E-state index in [4.69, 9.17) is 15.0 Å². The Morgan fingerprint density at radius 3 is 2.09 bits per heavy atom. The number of aromatic nitrogens is 3. The third-order valence-corrected chi connectivity index (χ3v) is 8.75. The van der Waals surface area contributed by atoms with Gasteiger partial charge in [0.05, 0.1) is 17.1 Å². The van der Waals surface area contributed by atoms with Crippen LogP contribution in [0.4, 0.5) is 0 Å². The van der Waals surface area contributed by atoms with Gasteiger partial charge in [-0.3, -0.25) is 4.98 Å². The topological polar surface area (TPSA) is 38.7 Å². The van der Waals surface area contributed by atoms with E-state index in [1.54, 1.807) is 0 Å². The molecule has 0 saturated heterocycles. The first kappa shape index (κ1) is 25.6.